The Morgan fingerprint density at radius 3 is 2.40 bits per heavy atom. The van der Waals surface area contributed by atoms with Crippen LogP contribution in [0.15, 0.2) is 4.52 Å². The monoisotopic (exact) mass is 293 g/mol. The van der Waals surface area contributed by atoms with Gasteiger partial charge in [0.05, 0.1) is 12.3 Å². The quantitative estimate of drug-likeness (QED) is 0.838. The number of hydrogen-bond donors (Lipinski definition) is 1. The summed E-state index contributed by atoms with van der Waals surface area (Å²) >= 11 is 0. The maximum absolute atomic E-state index is 12.2. The number of aryl methyl sites for hydroxylation is 1. The molecule has 0 aliphatic carbocycles. The molecule has 1 N–H and O–H groups in total. The molecular weight excluding hydrogens is 271 g/mol. The van der Waals surface area contributed by atoms with Crippen molar-refractivity contribution in [3.63, 3.8) is 0 Å². The summed E-state index contributed by atoms with van der Waals surface area (Å²) in [5.41, 5.74) is 0. The second-order valence-corrected chi connectivity index (χ2v) is 5.28. The van der Waals surface area contributed by atoms with Crippen LogP contribution >= 0.6 is 0 Å². The maximum atomic E-state index is 12.2. The Hall–Kier alpha value is -1.11. The van der Waals surface area contributed by atoms with E-state index in [2.05, 4.69) is 15.5 Å². The highest BCUT2D eigenvalue weighted by Gasteiger charge is 2.30. The highest BCUT2D eigenvalue weighted by atomic mass is 19.4. The van der Waals surface area contributed by atoms with Gasteiger partial charge in [0.15, 0.2) is 5.82 Å². The van der Waals surface area contributed by atoms with Crippen LogP contribution in [0.25, 0.3) is 0 Å². The molecule has 0 aliphatic rings. The van der Waals surface area contributed by atoms with Crippen molar-refractivity contribution in [1.29, 1.82) is 0 Å². The Labute approximate surface area is 117 Å². The first kappa shape index (κ1) is 16.9. The minimum atomic E-state index is -4.20. The number of alkyl halides is 3. The number of halogens is 3. The molecular formula is C13H22F3N3O. The number of aromatic nitrogens is 2. The zero-order valence-corrected chi connectivity index (χ0v) is 12.3. The van der Waals surface area contributed by atoms with Crippen LogP contribution in [0.4, 0.5) is 13.2 Å². The van der Waals surface area contributed by atoms with Gasteiger partial charge in [-0.3, -0.25) is 0 Å². The van der Waals surface area contributed by atoms with Gasteiger partial charge in [-0.05, 0) is 19.4 Å². The first-order valence-corrected chi connectivity index (χ1v) is 6.87. The number of nitrogens with zero attached hydrogens (tertiary/aromatic N) is 2. The number of hydrogen-bond acceptors (Lipinski definition) is 4. The average Bonchev–Trinajstić information content (AvgIpc) is 2.74. The summed E-state index contributed by atoms with van der Waals surface area (Å²) in [5, 5.41) is 6.93. The van der Waals surface area contributed by atoms with Gasteiger partial charge in [0.1, 0.15) is 0 Å². The molecule has 0 saturated heterocycles. The van der Waals surface area contributed by atoms with Crippen molar-refractivity contribution in [2.24, 2.45) is 5.92 Å². The van der Waals surface area contributed by atoms with Crippen molar-refractivity contribution in [3.8, 4) is 0 Å². The van der Waals surface area contributed by atoms with Crippen LogP contribution in [0.5, 0.6) is 0 Å². The lowest BCUT2D eigenvalue weighted by atomic mass is 9.89. The minimum absolute atomic E-state index is 0.0120. The third-order valence-corrected chi connectivity index (χ3v) is 3.18. The van der Waals surface area contributed by atoms with Gasteiger partial charge >= 0.3 is 6.18 Å². The lowest BCUT2D eigenvalue weighted by molar-refractivity contribution is -0.134. The highest BCUT2D eigenvalue weighted by molar-refractivity contribution is 5.00. The second kappa shape index (κ2) is 7.06. The average molecular weight is 293 g/mol. The number of nitrogens with one attached hydrogen (secondary N) is 1. The summed E-state index contributed by atoms with van der Waals surface area (Å²) in [6, 6.07) is 0.121. The van der Waals surface area contributed by atoms with Crippen molar-refractivity contribution in [2.45, 2.75) is 58.7 Å². The zero-order chi connectivity index (χ0) is 15.3. The van der Waals surface area contributed by atoms with Gasteiger partial charge in [-0.1, -0.05) is 25.9 Å². The van der Waals surface area contributed by atoms with Gasteiger partial charge in [-0.15, -0.1) is 0 Å². The van der Waals surface area contributed by atoms with Gasteiger partial charge in [0.25, 0.3) is 0 Å². The molecule has 0 radical (unpaired) electrons. The van der Waals surface area contributed by atoms with Crippen LogP contribution in [0.3, 0.4) is 0 Å². The van der Waals surface area contributed by atoms with Gasteiger partial charge in [0, 0.05) is 12.5 Å². The Morgan fingerprint density at radius 1 is 1.25 bits per heavy atom. The number of likely N-dealkylation sites (N-methyl/N-ethyl adjacent to an activating group) is 1. The molecule has 2 atom stereocenters. The standard InChI is InChI=1S/C13H22F3N3O/c1-5-17-9(4)11(8(2)3)12-18-10(19-20-12)6-7-13(14,15)16/h8-9,11,17H,5-7H2,1-4H3. The van der Waals surface area contributed by atoms with Crippen LogP contribution in [0.1, 0.15) is 51.7 Å². The van der Waals surface area contributed by atoms with Crippen molar-refractivity contribution in [1.82, 2.24) is 15.5 Å². The Balaban J connectivity index is 2.76. The van der Waals surface area contributed by atoms with Gasteiger partial charge in [0.2, 0.25) is 5.89 Å². The summed E-state index contributed by atoms with van der Waals surface area (Å²) in [6.07, 6.45) is -5.37. The number of rotatable bonds is 7. The molecule has 1 rings (SSSR count). The smallest absolute Gasteiger partial charge is 0.339 e. The molecule has 0 fully saturated rings. The third kappa shape index (κ3) is 5.11. The van der Waals surface area contributed by atoms with E-state index in [4.69, 9.17) is 4.52 Å². The minimum Gasteiger partial charge on any atom is -0.339 e. The summed E-state index contributed by atoms with van der Waals surface area (Å²) < 4.78 is 41.7. The second-order valence-electron chi connectivity index (χ2n) is 5.28. The fourth-order valence-electron chi connectivity index (χ4n) is 2.28. The van der Waals surface area contributed by atoms with E-state index in [1.54, 1.807) is 0 Å². The molecule has 0 aromatic carbocycles. The summed E-state index contributed by atoms with van der Waals surface area (Å²) in [7, 11) is 0. The van der Waals surface area contributed by atoms with Crippen molar-refractivity contribution < 1.29 is 17.7 Å². The van der Waals surface area contributed by atoms with Crippen LogP contribution in [-0.4, -0.2) is 28.9 Å². The van der Waals surface area contributed by atoms with E-state index in [0.29, 0.717) is 5.89 Å². The summed E-state index contributed by atoms with van der Waals surface area (Å²) in [5.74, 6) is 0.763. The topological polar surface area (TPSA) is 51.0 Å². The van der Waals surface area contributed by atoms with E-state index >= 15 is 0 Å². The first-order valence-electron chi connectivity index (χ1n) is 6.87. The SMILES string of the molecule is CCNC(C)C(c1nc(CCC(F)(F)F)no1)C(C)C. The molecule has 1 aromatic rings. The van der Waals surface area contributed by atoms with Crippen molar-refractivity contribution in [3.05, 3.63) is 11.7 Å². The highest BCUT2D eigenvalue weighted by Crippen LogP contribution is 2.27. The van der Waals surface area contributed by atoms with Gasteiger partial charge in [-0.2, -0.15) is 18.2 Å². The Kier molecular flexibility index (Phi) is 5.98. The molecule has 1 aromatic heterocycles. The molecule has 4 nitrogen and oxygen atoms in total. The molecule has 7 heteroatoms. The lowest BCUT2D eigenvalue weighted by Gasteiger charge is -2.24. The predicted octanol–water partition coefficient (Wildman–Crippen LogP) is 3.30. The molecule has 0 saturated carbocycles. The van der Waals surface area contributed by atoms with Crippen LogP contribution in [-0.2, 0) is 6.42 Å². The van der Waals surface area contributed by atoms with E-state index in [-0.39, 0.29) is 30.1 Å². The molecule has 116 valence electrons. The molecule has 0 bridgehead atoms. The summed E-state index contributed by atoms with van der Waals surface area (Å²) in [4.78, 5) is 4.12. The summed E-state index contributed by atoms with van der Waals surface area (Å²) in [6.45, 7) is 8.86. The predicted molar refractivity (Wildman–Crippen MR) is 69.4 cm³/mol. The van der Waals surface area contributed by atoms with E-state index in [1.807, 2.05) is 27.7 Å². The molecule has 1 heterocycles. The van der Waals surface area contributed by atoms with Gasteiger partial charge < -0.3 is 9.84 Å². The van der Waals surface area contributed by atoms with Crippen LogP contribution < -0.4 is 5.32 Å². The fraction of sp³-hybridized carbons (Fsp3) is 0.846. The Bertz CT molecular complexity index is 404. The van der Waals surface area contributed by atoms with E-state index < -0.39 is 12.6 Å². The molecule has 0 spiro atoms. The van der Waals surface area contributed by atoms with Gasteiger partial charge in [-0.25, -0.2) is 0 Å². The molecule has 2 unspecified atom stereocenters. The van der Waals surface area contributed by atoms with Crippen LogP contribution in [0, 0.1) is 5.92 Å². The van der Waals surface area contributed by atoms with Crippen molar-refractivity contribution in [2.75, 3.05) is 6.54 Å². The fourth-order valence-corrected chi connectivity index (χ4v) is 2.28. The van der Waals surface area contributed by atoms with Crippen LogP contribution in [0.2, 0.25) is 0 Å². The molecule has 0 aliphatic heterocycles. The normalized spacial score (nSPS) is 15.6. The Morgan fingerprint density at radius 2 is 1.90 bits per heavy atom. The first-order chi connectivity index (χ1) is 9.24. The third-order valence-electron chi connectivity index (χ3n) is 3.18. The van der Waals surface area contributed by atoms with E-state index in [1.165, 1.54) is 0 Å². The zero-order valence-electron chi connectivity index (χ0n) is 12.3. The van der Waals surface area contributed by atoms with E-state index in [9.17, 15) is 13.2 Å². The maximum Gasteiger partial charge on any atom is 0.389 e. The lowest BCUT2D eigenvalue weighted by Crippen LogP contribution is -2.34. The molecule has 20 heavy (non-hydrogen) atoms. The largest absolute Gasteiger partial charge is 0.389 e. The van der Waals surface area contributed by atoms with Crippen molar-refractivity contribution >= 4 is 0 Å². The van der Waals surface area contributed by atoms with E-state index in [0.717, 1.165) is 6.54 Å². The molecule has 0 amide bonds.